The fourth-order valence-electron chi connectivity index (χ4n) is 3.41. The van der Waals surface area contributed by atoms with Crippen LogP contribution in [0.4, 0.5) is 0 Å². The van der Waals surface area contributed by atoms with Gasteiger partial charge in [-0.1, -0.05) is 39.0 Å². The van der Waals surface area contributed by atoms with Gasteiger partial charge in [0.1, 0.15) is 5.69 Å². The Morgan fingerprint density at radius 1 is 1.06 bits per heavy atom. The Morgan fingerprint density at radius 2 is 1.77 bits per heavy atom. The number of aromatic amines is 1. The van der Waals surface area contributed by atoms with Gasteiger partial charge >= 0.3 is 0 Å². The molecule has 0 saturated carbocycles. The van der Waals surface area contributed by atoms with Gasteiger partial charge in [0.15, 0.2) is 17.3 Å². The highest BCUT2D eigenvalue weighted by atomic mass is 32.1. The first-order chi connectivity index (χ1) is 16.7. The predicted octanol–water partition coefficient (Wildman–Crippen LogP) is 3.53. The maximum atomic E-state index is 12.7. The molecule has 2 heterocycles. The van der Waals surface area contributed by atoms with Gasteiger partial charge in [-0.15, -0.1) is 11.3 Å². The van der Waals surface area contributed by atoms with Gasteiger partial charge in [-0.25, -0.2) is 4.68 Å². The third-order valence-electron chi connectivity index (χ3n) is 5.39. The lowest BCUT2D eigenvalue weighted by atomic mass is 9.91. The summed E-state index contributed by atoms with van der Waals surface area (Å²) in [4.78, 5) is 27.9. The smallest absolute Gasteiger partial charge is 0.266 e. The van der Waals surface area contributed by atoms with Crippen LogP contribution in [-0.2, 0) is 4.79 Å². The van der Waals surface area contributed by atoms with E-state index in [1.165, 1.54) is 17.4 Å². The first-order valence-electron chi connectivity index (χ1n) is 11.0. The summed E-state index contributed by atoms with van der Waals surface area (Å²) in [6.07, 6.45) is 5.16. The number of thiazole rings is 1. The molecule has 4 rings (SSSR count). The molecule has 0 aliphatic heterocycles. The Morgan fingerprint density at radius 3 is 2.43 bits per heavy atom. The highest BCUT2D eigenvalue weighted by Gasteiger charge is 2.19. The number of ketones is 1. The van der Waals surface area contributed by atoms with Crippen molar-refractivity contribution in [3.63, 3.8) is 0 Å². The van der Waals surface area contributed by atoms with Crippen molar-refractivity contribution in [1.29, 1.82) is 0 Å². The van der Waals surface area contributed by atoms with Gasteiger partial charge in [0.2, 0.25) is 0 Å². The van der Waals surface area contributed by atoms with Crippen molar-refractivity contribution < 1.29 is 14.3 Å². The van der Waals surface area contributed by atoms with E-state index in [0.717, 1.165) is 16.8 Å². The van der Waals surface area contributed by atoms with Crippen molar-refractivity contribution in [2.75, 3.05) is 14.2 Å². The molecule has 2 aromatic heterocycles. The average molecular weight is 490 g/mol. The second kappa shape index (κ2) is 9.76. The van der Waals surface area contributed by atoms with Crippen LogP contribution in [0.3, 0.4) is 0 Å². The topological polar surface area (TPSA) is 86.2 Å². The first-order valence-corrected chi connectivity index (χ1v) is 11.9. The van der Waals surface area contributed by atoms with Crippen LogP contribution in [0.15, 0.2) is 59.5 Å². The van der Waals surface area contributed by atoms with E-state index in [4.69, 9.17) is 14.6 Å². The Kier molecular flexibility index (Phi) is 6.75. The Hall–Kier alpha value is -3.91. The van der Waals surface area contributed by atoms with Crippen LogP contribution in [-0.4, -0.2) is 34.8 Å². The van der Waals surface area contributed by atoms with Gasteiger partial charge in [0.25, 0.3) is 5.56 Å². The fraction of sp³-hybridized carbons (Fsp3) is 0.222. The van der Waals surface area contributed by atoms with Crippen molar-refractivity contribution in [1.82, 2.24) is 14.8 Å². The van der Waals surface area contributed by atoms with E-state index < -0.39 is 5.41 Å². The number of nitrogens with zero attached hydrogens (tertiary/aromatic N) is 2. The van der Waals surface area contributed by atoms with Gasteiger partial charge < -0.3 is 14.5 Å². The lowest BCUT2D eigenvalue weighted by Crippen LogP contribution is -2.22. The number of carbonyl (C=O) groups is 1. The van der Waals surface area contributed by atoms with Gasteiger partial charge in [-0.2, -0.15) is 5.10 Å². The molecule has 0 spiro atoms. The highest BCUT2D eigenvalue weighted by Crippen LogP contribution is 2.33. The fourth-order valence-corrected chi connectivity index (χ4v) is 4.29. The van der Waals surface area contributed by atoms with Gasteiger partial charge in [0, 0.05) is 28.8 Å². The number of hydrogen-bond acceptors (Lipinski definition) is 6. The van der Waals surface area contributed by atoms with Gasteiger partial charge in [0.05, 0.1) is 29.1 Å². The van der Waals surface area contributed by atoms with E-state index in [9.17, 15) is 9.59 Å². The molecule has 0 fully saturated rings. The minimum atomic E-state index is -0.526. The lowest BCUT2D eigenvalue weighted by Gasteiger charge is -2.12. The molecule has 0 bridgehead atoms. The number of Topliss-reactive ketones (excluding diaryl/α,β-unsaturated/α-hetero) is 1. The number of rotatable bonds is 6. The van der Waals surface area contributed by atoms with Crippen molar-refractivity contribution in [2.24, 2.45) is 5.41 Å². The summed E-state index contributed by atoms with van der Waals surface area (Å²) in [7, 11) is 3.17. The molecule has 35 heavy (non-hydrogen) atoms. The molecular formula is C27H27N3O4S. The number of carbonyl (C=O) groups excluding carboxylic acids is 1. The monoisotopic (exact) mass is 489 g/mol. The zero-order valence-electron chi connectivity index (χ0n) is 20.3. The number of ether oxygens (including phenoxy) is 2. The number of aromatic nitrogens is 3. The number of para-hydroxylation sites is 1. The van der Waals surface area contributed by atoms with Crippen LogP contribution < -0.4 is 24.2 Å². The number of hydrogen-bond donors (Lipinski definition) is 1. The molecule has 0 amide bonds. The lowest BCUT2D eigenvalue weighted by molar-refractivity contribution is -0.119. The SMILES string of the molecule is COc1ccc(-c2nn(-c3ccccc3)cc2C=c2sc(=CC(=O)C(C)(C)C)[nH]c2=O)cc1OC. The summed E-state index contributed by atoms with van der Waals surface area (Å²) < 4.78 is 13.6. The van der Waals surface area contributed by atoms with Gasteiger partial charge in [-0.05, 0) is 36.4 Å². The quantitative estimate of drug-likeness (QED) is 0.448. The Balaban J connectivity index is 1.89. The molecule has 4 aromatic rings. The number of methoxy groups -OCH3 is 2. The second-order valence-corrected chi connectivity index (χ2v) is 10.1. The van der Waals surface area contributed by atoms with E-state index >= 15 is 0 Å². The summed E-state index contributed by atoms with van der Waals surface area (Å²) in [5.41, 5.74) is 2.35. The zero-order chi connectivity index (χ0) is 25.2. The van der Waals surface area contributed by atoms with Crippen molar-refractivity contribution >= 4 is 29.3 Å². The van der Waals surface area contributed by atoms with Crippen molar-refractivity contribution in [2.45, 2.75) is 20.8 Å². The maximum absolute atomic E-state index is 12.7. The van der Waals surface area contributed by atoms with Crippen LogP contribution >= 0.6 is 11.3 Å². The normalized spacial score (nSPS) is 12.7. The molecule has 0 radical (unpaired) electrons. The number of benzene rings is 2. The zero-order valence-corrected chi connectivity index (χ0v) is 21.1. The molecule has 0 saturated heterocycles. The largest absolute Gasteiger partial charge is 0.493 e. The molecule has 0 aliphatic carbocycles. The molecule has 0 unspecified atom stereocenters. The summed E-state index contributed by atoms with van der Waals surface area (Å²) in [6, 6.07) is 15.3. The van der Waals surface area contributed by atoms with E-state index in [0.29, 0.717) is 26.4 Å². The maximum Gasteiger partial charge on any atom is 0.266 e. The van der Waals surface area contributed by atoms with E-state index in [-0.39, 0.29) is 11.3 Å². The van der Waals surface area contributed by atoms with Gasteiger partial charge in [-0.3, -0.25) is 9.59 Å². The second-order valence-electron chi connectivity index (χ2n) is 8.97. The van der Waals surface area contributed by atoms with Crippen LogP contribution in [0.1, 0.15) is 26.3 Å². The summed E-state index contributed by atoms with van der Waals surface area (Å²) in [6.45, 7) is 5.54. The van der Waals surface area contributed by atoms with Crippen LogP contribution in [0.5, 0.6) is 11.5 Å². The molecule has 180 valence electrons. The summed E-state index contributed by atoms with van der Waals surface area (Å²) in [5, 5.41) is 4.81. The average Bonchev–Trinajstić information content (AvgIpc) is 3.41. The van der Waals surface area contributed by atoms with Crippen molar-refractivity contribution in [3.8, 4) is 28.4 Å². The molecule has 0 atom stereocenters. The molecule has 8 heteroatoms. The summed E-state index contributed by atoms with van der Waals surface area (Å²) in [5.74, 6) is 1.14. The van der Waals surface area contributed by atoms with E-state index in [1.54, 1.807) is 25.0 Å². The predicted molar refractivity (Wildman–Crippen MR) is 139 cm³/mol. The molecule has 1 N–H and O–H groups in total. The van der Waals surface area contributed by atoms with Crippen LogP contribution in [0.2, 0.25) is 0 Å². The number of H-pyrrole nitrogens is 1. The van der Waals surface area contributed by atoms with E-state index in [2.05, 4.69) is 4.98 Å². The third-order valence-corrected chi connectivity index (χ3v) is 6.35. The first kappa shape index (κ1) is 24.2. The molecule has 0 aliphatic rings. The van der Waals surface area contributed by atoms with Crippen molar-refractivity contribution in [3.05, 3.63) is 79.8 Å². The standard InChI is InChI=1S/C27H27N3O4S/c1-27(2,3)23(31)15-24-28-26(32)22(35-24)14-18-16-30(19-9-7-6-8-10-19)29-25(18)17-11-12-20(33-4)21(13-17)34-5/h6-16H,1-5H3,(H,28,32). The molecule has 7 nitrogen and oxygen atoms in total. The number of nitrogens with one attached hydrogen (secondary N) is 1. The summed E-state index contributed by atoms with van der Waals surface area (Å²) >= 11 is 1.24. The van der Waals surface area contributed by atoms with Crippen LogP contribution in [0, 0.1) is 5.41 Å². The van der Waals surface area contributed by atoms with E-state index in [1.807, 2.05) is 75.5 Å². The van der Waals surface area contributed by atoms with Crippen LogP contribution in [0.25, 0.3) is 29.1 Å². The highest BCUT2D eigenvalue weighted by molar-refractivity contribution is 7.07. The minimum Gasteiger partial charge on any atom is -0.493 e. The Labute approximate surface area is 207 Å². The third kappa shape index (κ3) is 5.27. The molecule has 2 aromatic carbocycles. The minimum absolute atomic E-state index is 0.0514. The Bertz CT molecular complexity index is 1540. The molecular weight excluding hydrogens is 462 g/mol.